The number of nitro benzene ring substituents is 2. The summed E-state index contributed by atoms with van der Waals surface area (Å²) in [6, 6.07) is 7.97. The van der Waals surface area contributed by atoms with Crippen molar-refractivity contribution in [2.75, 3.05) is 0 Å². The second-order valence-corrected chi connectivity index (χ2v) is 5.99. The lowest BCUT2D eigenvalue weighted by Crippen LogP contribution is -1.98. The first-order valence-electron chi connectivity index (χ1n) is 6.05. The molecule has 0 bridgehead atoms. The van der Waals surface area contributed by atoms with E-state index in [1.54, 1.807) is 0 Å². The summed E-state index contributed by atoms with van der Waals surface area (Å²) < 4.78 is 11.5. The Morgan fingerprint density at radius 3 is 1.57 bits per heavy atom. The van der Waals surface area contributed by atoms with Gasteiger partial charge in [0.05, 0.1) is 15.5 Å². The first-order valence-corrected chi connectivity index (χ1v) is 7.69. The van der Waals surface area contributed by atoms with Gasteiger partial charge in [-0.25, -0.2) is 0 Å². The number of hydrogen-bond donors (Lipinski definition) is 0. The Bertz CT molecular complexity index is 751. The highest BCUT2D eigenvalue weighted by Gasteiger charge is 2.23. The molecule has 0 aliphatic carbocycles. The van der Waals surface area contributed by atoms with Crippen molar-refractivity contribution in [3.05, 3.63) is 77.8 Å². The summed E-state index contributed by atoms with van der Waals surface area (Å²) >= 11 is 11.5. The topological polar surface area (TPSA) is 103 Å². The van der Waals surface area contributed by atoms with Crippen LogP contribution in [0.5, 0.6) is 0 Å². The van der Waals surface area contributed by atoms with Gasteiger partial charge in [0.15, 0.2) is 8.46 Å². The van der Waals surface area contributed by atoms with E-state index in [1.165, 1.54) is 36.4 Å². The van der Waals surface area contributed by atoms with E-state index in [-0.39, 0.29) is 29.9 Å². The van der Waals surface area contributed by atoms with Crippen LogP contribution < -0.4 is 0 Å². The maximum absolute atomic E-state index is 11.5. The molecule has 0 fully saturated rings. The van der Waals surface area contributed by atoms with E-state index in [1.807, 2.05) is 0 Å². The summed E-state index contributed by atoms with van der Waals surface area (Å²) in [6.07, 6.45) is 0. The highest BCUT2D eigenvalue weighted by molar-refractivity contribution is 7.24. The van der Waals surface area contributed by atoms with Gasteiger partial charge in [-0.2, -0.15) is 0 Å². The molecule has 0 saturated carbocycles. The number of nitro groups is 2. The van der Waals surface area contributed by atoms with Crippen molar-refractivity contribution in [1.82, 2.24) is 0 Å². The molecule has 0 N–H and O–H groups in total. The molecule has 0 aliphatic rings. The molecule has 23 heavy (non-hydrogen) atoms. The standard InChI is InChI=1S/C13H7Cl2N2O5P/c14-9-3-1-7(5-11(9)16(18)19)13(23-22)8-2-4-10(15)12(6-8)17(20)21/h1-6,13H. The van der Waals surface area contributed by atoms with E-state index in [9.17, 15) is 24.8 Å². The van der Waals surface area contributed by atoms with Crippen LogP contribution in [0.4, 0.5) is 11.4 Å². The number of halogens is 2. The zero-order chi connectivity index (χ0) is 17.1. The lowest BCUT2D eigenvalue weighted by atomic mass is 10.0. The van der Waals surface area contributed by atoms with Crippen LogP contribution in [-0.2, 0) is 4.57 Å². The Balaban J connectivity index is 2.55. The summed E-state index contributed by atoms with van der Waals surface area (Å²) in [7, 11) is -0.378. The largest absolute Gasteiger partial charge is 0.288 e. The van der Waals surface area contributed by atoms with E-state index in [2.05, 4.69) is 0 Å². The molecule has 118 valence electrons. The predicted molar refractivity (Wildman–Crippen MR) is 85.7 cm³/mol. The van der Waals surface area contributed by atoms with Crippen molar-refractivity contribution in [1.29, 1.82) is 0 Å². The van der Waals surface area contributed by atoms with Gasteiger partial charge in [-0.15, -0.1) is 0 Å². The molecule has 0 atom stereocenters. The van der Waals surface area contributed by atoms with Crippen molar-refractivity contribution >= 4 is 43.0 Å². The molecule has 0 aromatic heterocycles. The fourth-order valence-corrected chi connectivity index (χ4v) is 2.93. The summed E-state index contributed by atoms with van der Waals surface area (Å²) in [4.78, 5) is 20.6. The molecule has 2 aromatic carbocycles. The molecule has 0 heterocycles. The third-order valence-corrected chi connectivity index (χ3v) is 4.52. The van der Waals surface area contributed by atoms with Crippen LogP contribution in [0.3, 0.4) is 0 Å². The first kappa shape index (κ1) is 17.3. The molecule has 0 spiro atoms. The molecular formula is C13H7Cl2N2O5P. The van der Waals surface area contributed by atoms with Crippen molar-refractivity contribution in [3.63, 3.8) is 0 Å². The SMILES string of the molecule is O=PC(c1ccc(Cl)c([N+](=O)[O-])c1)c1ccc(Cl)c([N+](=O)[O-])c1. The third-order valence-electron chi connectivity index (χ3n) is 3.07. The summed E-state index contributed by atoms with van der Waals surface area (Å²) in [5.41, 5.74) is -0.798. The van der Waals surface area contributed by atoms with E-state index >= 15 is 0 Å². The quantitative estimate of drug-likeness (QED) is 0.408. The monoisotopic (exact) mass is 372 g/mol. The Labute approximate surface area is 141 Å². The highest BCUT2D eigenvalue weighted by Crippen LogP contribution is 2.39. The molecule has 2 aromatic rings. The second kappa shape index (κ2) is 7.00. The van der Waals surface area contributed by atoms with Crippen molar-refractivity contribution < 1.29 is 14.4 Å². The Kier molecular flexibility index (Phi) is 5.26. The van der Waals surface area contributed by atoms with Gasteiger partial charge in [0.25, 0.3) is 11.4 Å². The Hall–Kier alpha value is -2.08. The molecule has 2 rings (SSSR count). The van der Waals surface area contributed by atoms with E-state index < -0.39 is 15.5 Å². The van der Waals surface area contributed by atoms with Crippen LogP contribution in [0.1, 0.15) is 16.8 Å². The summed E-state index contributed by atoms with van der Waals surface area (Å²) in [5, 5.41) is 21.8. The maximum atomic E-state index is 11.5. The fraction of sp³-hybridized carbons (Fsp3) is 0.0769. The minimum Gasteiger partial charge on any atom is -0.274 e. The van der Waals surface area contributed by atoms with Crippen LogP contribution in [-0.4, -0.2) is 9.85 Å². The minimum absolute atomic E-state index is 0.0536. The molecule has 10 heteroatoms. The van der Waals surface area contributed by atoms with Gasteiger partial charge in [0.1, 0.15) is 10.0 Å². The van der Waals surface area contributed by atoms with Crippen LogP contribution in [0, 0.1) is 20.2 Å². The molecule has 0 amide bonds. The van der Waals surface area contributed by atoms with Crippen LogP contribution in [0.25, 0.3) is 0 Å². The molecule has 0 aliphatic heterocycles. The van der Waals surface area contributed by atoms with Gasteiger partial charge in [0.2, 0.25) is 0 Å². The smallest absolute Gasteiger partial charge is 0.274 e. The predicted octanol–water partition coefficient (Wildman–Crippen LogP) is 5.19. The third kappa shape index (κ3) is 3.64. The summed E-state index contributed by atoms with van der Waals surface area (Å²) in [6.45, 7) is 0. The van der Waals surface area contributed by atoms with Gasteiger partial charge in [0, 0.05) is 12.1 Å². The average Bonchev–Trinajstić information content (AvgIpc) is 2.50. The summed E-state index contributed by atoms with van der Waals surface area (Å²) in [5.74, 6) is 0. The number of rotatable bonds is 5. The number of benzene rings is 2. The fourth-order valence-electron chi connectivity index (χ4n) is 1.99. The molecular weight excluding hydrogens is 366 g/mol. The normalized spacial score (nSPS) is 10.9. The maximum Gasteiger partial charge on any atom is 0.288 e. The minimum atomic E-state index is -0.818. The molecule has 0 unspecified atom stereocenters. The van der Waals surface area contributed by atoms with Crippen molar-refractivity contribution in [3.8, 4) is 0 Å². The highest BCUT2D eigenvalue weighted by atomic mass is 35.5. The lowest BCUT2D eigenvalue weighted by molar-refractivity contribution is -0.384. The van der Waals surface area contributed by atoms with Gasteiger partial charge < -0.3 is 0 Å². The zero-order valence-electron chi connectivity index (χ0n) is 11.2. The average molecular weight is 373 g/mol. The van der Waals surface area contributed by atoms with Gasteiger partial charge in [-0.3, -0.25) is 24.8 Å². The van der Waals surface area contributed by atoms with Gasteiger partial charge >= 0.3 is 0 Å². The Morgan fingerprint density at radius 2 is 1.26 bits per heavy atom. The molecule has 7 nitrogen and oxygen atoms in total. The van der Waals surface area contributed by atoms with Crippen LogP contribution in [0.15, 0.2) is 36.4 Å². The van der Waals surface area contributed by atoms with Crippen molar-refractivity contribution in [2.45, 2.75) is 5.66 Å². The lowest BCUT2D eigenvalue weighted by Gasteiger charge is -2.11. The second-order valence-electron chi connectivity index (χ2n) is 4.44. The first-order chi connectivity index (χ1) is 10.8. The Morgan fingerprint density at radius 1 is 0.870 bits per heavy atom. The van der Waals surface area contributed by atoms with E-state index in [0.717, 1.165) is 0 Å². The number of nitrogens with zero attached hydrogens (tertiary/aromatic N) is 2. The molecule has 0 saturated heterocycles. The molecule has 0 radical (unpaired) electrons. The zero-order valence-corrected chi connectivity index (χ0v) is 13.6. The van der Waals surface area contributed by atoms with Crippen molar-refractivity contribution in [2.24, 2.45) is 0 Å². The number of hydrogen-bond acceptors (Lipinski definition) is 5. The van der Waals surface area contributed by atoms with E-state index in [0.29, 0.717) is 11.1 Å². The van der Waals surface area contributed by atoms with E-state index in [4.69, 9.17) is 23.2 Å². The van der Waals surface area contributed by atoms with Crippen LogP contribution in [0.2, 0.25) is 10.0 Å². The van der Waals surface area contributed by atoms with Crippen LogP contribution >= 0.6 is 31.7 Å². The van der Waals surface area contributed by atoms with Gasteiger partial charge in [-0.1, -0.05) is 35.3 Å². The van der Waals surface area contributed by atoms with Gasteiger partial charge in [-0.05, 0) is 23.3 Å².